The van der Waals surface area contributed by atoms with E-state index < -0.39 is 0 Å². The van der Waals surface area contributed by atoms with E-state index in [9.17, 15) is 9.59 Å². The summed E-state index contributed by atoms with van der Waals surface area (Å²) in [5, 5.41) is 3.46. The fraction of sp³-hybridized carbons (Fsp3) is 0.391. The molecule has 0 aliphatic carbocycles. The van der Waals surface area contributed by atoms with Crippen molar-refractivity contribution in [1.29, 1.82) is 0 Å². The number of likely N-dealkylation sites (tertiary alicyclic amines) is 1. The summed E-state index contributed by atoms with van der Waals surface area (Å²) in [5.41, 5.74) is 1.96. The third-order valence-corrected chi connectivity index (χ3v) is 5.55. The van der Waals surface area contributed by atoms with Crippen LogP contribution in [0.25, 0.3) is 0 Å². The predicted octanol–water partition coefficient (Wildman–Crippen LogP) is 4.33. The van der Waals surface area contributed by atoms with Crippen molar-refractivity contribution in [2.75, 3.05) is 19.6 Å². The summed E-state index contributed by atoms with van der Waals surface area (Å²) in [5.74, 6) is 0.717. The molecule has 3 rings (SSSR count). The zero-order valence-electron chi connectivity index (χ0n) is 16.1. The van der Waals surface area contributed by atoms with Crippen molar-refractivity contribution in [2.24, 2.45) is 5.92 Å². The van der Waals surface area contributed by atoms with E-state index in [1.165, 1.54) is 5.56 Å². The number of hydrogen-bond acceptors (Lipinski definition) is 2. The lowest BCUT2D eigenvalue weighted by molar-refractivity contribution is -0.132. The Hall–Kier alpha value is -2.33. The van der Waals surface area contributed by atoms with Crippen LogP contribution in [0.2, 0.25) is 5.02 Å². The van der Waals surface area contributed by atoms with E-state index in [1.807, 2.05) is 11.0 Å². The average molecular weight is 399 g/mol. The Bertz CT molecular complexity index is 769. The second-order valence-corrected chi connectivity index (χ2v) is 7.82. The van der Waals surface area contributed by atoms with Crippen LogP contribution in [0.3, 0.4) is 0 Å². The van der Waals surface area contributed by atoms with Gasteiger partial charge in [0.05, 0.1) is 0 Å². The fourth-order valence-electron chi connectivity index (χ4n) is 3.64. The maximum atomic E-state index is 12.4. The van der Waals surface area contributed by atoms with E-state index in [2.05, 4.69) is 29.6 Å². The molecule has 0 atom stereocenters. The molecule has 28 heavy (non-hydrogen) atoms. The highest BCUT2D eigenvalue weighted by Gasteiger charge is 2.22. The van der Waals surface area contributed by atoms with Gasteiger partial charge in [-0.15, -0.1) is 0 Å². The molecule has 0 radical (unpaired) electrons. The number of hydrogen-bond donors (Lipinski definition) is 1. The van der Waals surface area contributed by atoms with Crippen LogP contribution in [0.4, 0.5) is 0 Å². The van der Waals surface area contributed by atoms with E-state index in [0.29, 0.717) is 35.9 Å². The smallest absolute Gasteiger partial charge is 0.251 e. The fourth-order valence-corrected chi connectivity index (χ4v) is 3.76. The van der Waals surface area contributed by atoms with Crippen molar-refractivity contribution in [3.63, 3.8) is 0 Å². The van der Waals surface area contributed by atoms with Crippen LogP contribution in [-0.2, 0) is 11.2 Å². The van der Waals surface area contributed by atoms with Gasteiger partial charge in [-0.3, -0.25) is 9.59 Å². The SMILES string of the molecule is O=C(NCCCC(=O)N1CCC(Cc2ccccc2)CC1)c1ccc(Cl)cc1. The van der Waals surface area contributed by atoms with Gasteiger partial charge in [0.2, 0.25) is 5.91 Å². The Morgan fingerprint density at radius 3 is 2.36 bits per heavy atom. The molecule has 2 amide bonds. The third-order valence-electron chi connectivity index (χ3n) is 5.29. The van der Waals surface area contributed by atoms with Crippen LogP contribution in [0.5, 0.6) is 0 Å². The standard InChI is InChI=1S/C23H27ClN2O2/c24-21-10-8-20(9-11-21)23(28)25-14-4-7-22(27)26-15-12-19(13-16-26)17-18-5-2-1-3-6-18/h1-3,5-6,8-11,19H,4,7,12-17H2,(H,25,28). The lowest BCUT2D eigenvalue weighted by Gasteiger charge is -2.32. The highest BCUT2D eigenvalue weighted by molar-refractivity contribution is 6.30. The van der Waals surface area contributed by atoms with Crippen LogP contribution in [0.15, 0.2) is 54.6 Å². The van der Waals surface area contributed by atoms with Gasteiger partial charge in [-0.1, -0.05) is 41.9 Å². The molecule has 5 heteroatoms. The summed E-state index contributed by atoms with van der Waals surface area (Å²) in [4.78, 5) is 26.4. The summed E-state index contributed by atoms with van der Waals surface area (Å²) in [6.45, 7) is 2.18. The Morgan fingerprint density at radius 2 is 1.68 bits per heavy atom. The molecule has 2 aromatic rings. The number of benzene rings is 2. The summed E-state index contributed by atoms with van der Waals surface area (Å²) >= 11 is 5.83. The maximum absolute atomic E-state index is 12.4. The van der Waals surface area contributed by atoms with Crippen LogP contribution in [0.1, 0.15) is 41.6 Å². The first-order valence-electron chi connectivity index (χ1n) is 9.97. The number of carbonyl (C=O) groups is 2. The number of amides is 2. The molecule has 1 fully saturated rings. The van der Waals surface area contributed by atoms with E-state index in [0.717, 1.165) is 32.4 Å². The van der Waals surface area contributed by atoms with Crippen LogP contribution in [-0.4, -0.2) is 36.3 Å². The molecule has 1 saturated heterocycles. The molecule has 0 saturated carbocycles. The monoisotopic (exact) mass is 398 g/mol. The van der Waals surface area contributed by atoms with Gasteiger partial charge in [-0.05, 0) is 61.4 Å². The minimum atomic E-state index is -0.133. The third kappa shape index (κ3) is 6.10. The molecule has 0 aromatic heterocycles. The molecule has 0 spiro atoms. The highest BCUT2D eigenvalue weighted by atomic mass is 35.5. The average Bonchev–Trinajstić information content (AvgIpc) is 2.72. The van der Waals surface area contributed by atoms with Crippen molar-refractivity contribution in [3.8, 4) is 0 Å². The molecular formula is C23H27ClN2O2. The number of carbonyl (C=O) groups excluding carboxylic acids is 2. The molecule has 1 aliphatic heterocycles. The van der Waals surface area contributed by atoms with Gasteiger partial charge < -0.3 is 10.2 Å². The van der Waals surface area contributed by atoms with Gasteiger partial charge in [0, 0.05) is 36.6 Å². The van der Waals surface area contributed by atoms with E-state index in [-0.39, 0.29) is 11.8 Å². The molecule has 1 N–H and O–H groups in total. The molecular weight excluding hydrogens is 372 g/mol. The van der Waals surface area contributed by atoms with E-state index in [4.69, 9.17) is 11.6 Å². The normalized spacial score (nSPS) is 14.7. The van der Waals surface area contributed by atoms with Gasteiger partial charge >= 0.3 is 0 Å². The molecule has 0 bridgehead atoms. The molecule has 1 heterocycles. The first-order chi connectivity index (χ1) is 13.6. The Kier molecular flexibility index (Phi) is 7.49. The number of nitrogens with one attached hydrogen (secondary N) is 1. The predicted molar refractivity (Wildman–Crippen MR) is 112 cm³/mol. The van der Waals surface area contributed by atoms with Gasteiger partial charge in [0.15, 0.2) is 0 Å². The topological polar surface area (TPSA) is 49.4 Å². The summed E-state index contributed by atoms with van der Waals surface area (Å²) in [6, 6.07) is 17.3. The summed E-state index contributed by atoms with van der Waals surface area (Å²) in [6.07, 6.45) is 4.35. The summed E-state index contributed by atoms with van der Waals surface area (Å²) < 4.78 is 0. The highest BCUT2D eigenvalue weighted by Crippen LogP contribution is 2.22. The lowest BCUT2D eigenvalue weighted by atomic mass is 9.90. The first kappa shape index (κ1) is 20.4. The van der Waals surface area contributed by atoms with E-state index >= 15 is 0 Å². The Morgan fingerprint density at radius 1 is 1.00 bits per heavy atom. The quantitative estimate of drug-likeness (QED) is 0.705. The minimum absolute atomic E-state index is 0.133. The van der Waals surface area contributed by atoms with Gasteiger partial charge in [-0.25, -0.2) is 0 Å². The van der Waals surface area contributed by atoms with Crippen LogP contribution >= 0.6 is 11.6 Å². The molecule has 0 unspecified atom stereocenters. The Balaban J connectivity index is 1.32. The van der Waals surface area contributed by atoms with Crippen LogP contribution in [0, 0.1) is 5.92 Å². The van der Waals surface area contributed by atoms with Crippen molar-refractivity contribution in [3.05, 3.63) is 70.7 Å². The second-order valence-electron chi connectivity index (χ2n) is 7.38. The number of nitrogens with zero attached hydrogens (tertiary/aromatic N) is 1. The maximum Gasteiger partial charge on any atom is 0.251 e. The number of piperidine rings is 1. The first-order valence-corrected chi connectivity index (χ1v) is 10.3. The van der Waals surface area contributed by atoms with E-state index in [1.54, 1.807) is 24.3 Å². The molecule has 148 valence electrons. The molecule has 1 aliphatic rings. The lowest BCUT2D eigenvalue weighted by Crippen LogP contribution is -2.39. The van der Waals surface area contributed by atoms with Crippen molar-refractivity contribution in [2.45, 2.75) is 32.1 Å². The minimum Gasteiger partial charge on any atom is -0.352 e. The van der Waals surface area contributed by atoms with Crippen molar-refractivity contribution in [1.82, 2.24) is 10.2 Å². The van der Waals surface area contributed by atoms with Gasteiger partial charge in [0.25, 0.3) is 5.91 Å². The number of rotatable bonds is 7. The zero-order chi connectivity index (χ0) is 19.8. The number of halogens is 1. The molecule has 4 nitrogen and oxygen atoms in total. The van der Waals surface area contributed by atoms with Gasteiger partial charge in [0.1, 0.15) is 0 Å². The second kappa shape index (κ2) is 10.3. The largest absolute Gasteiger partial charge is 0.352 e. The van der Waals surface area contributed by atoms with Gasteiger partial charge in [-0.2, -0.15) is 0 Å². The van der Waals surface area contributed by atoms with Crippen molar-refractivity contribution < 1.29 is 9.59 Å². The van der Waals surface area contributed by atoms with Crippen LogP contribution < -0.4 is 5.32 Å². The Labute approximate surface area is 171 Å². The molecule has 2 aromatic carbocycles. The van der Waals surface area contributed by atoms with Crippen molar-refractivity contribution >= 4 is 23.4 Å². The zero-order valence-corrected chi connectivity index (χ0v) is 16.8. The summed E-state index contributed by atoms with van der Waals surface area (Å²) in [7, 11) is 0.